The Morgan fingerprint density at radius 2 is 1.82 bits per heavy atom. The maximum absolute atomic E-state index is 13.7. The minimum absolute atomic E-state index is 0.167. The van der Waals surface area contributed by atoms with Gasteiger partial charge in [0, 0.05) is 28.5 Å². The van der Waals surface area contributed by atoms with E-state index in [0.29, 0.717) is 31.1 Å². The van der Waals surface area contributed by atoms with E-state index in [0.717, 1.165) is 39.1 Å². The van der Waals surface area contributed by atoms with Crippen LogP contribution >= 0.6 is 27.3 Å². The summed E-state index contributed by atoms with van der Waals surface area (Å²) in [5.41, 5.74) is 4.67. The highest BCUT2D eigenvalue weighted by Crippen LogP contribution is 2.47. The van der Waals surface area contributed by atoms with Crippen molar-refractivity contribution >= 4 is 44.4 Å². The monoisotopic (exact) mass is 538 g/mol. The smallest absolute Gasteiger partial charge is 0.175 e. The van der Waals surface area contributed by atoms with E-state index in [9.17, 15) is 4.79 Å². The zero-order valence-electron chi connectivity index (χ0n) is 19.2. The number of benzene rings is 2. The number of thiophene rings is 1. The predicted molar refractivity (Wildman–Crippen MR) is 141 cm³/mol. The molecule has 0 radical (unpaired) electrons. The molecule has 0 amide bonds. The van der Waals surface area contributed by atoms with Gasteiger partial charge >= 0.3 is 0 Å². The van der Waals surface area contributed by atoms with Gasteiger partial charge in [0.2, 0.25) is 0 Å². The summed E-state index contributed by atoms with van der Waals surface area (Å²) in [5, 5.41) is 9.33. The Hall–Kier alpha value is -2.77. The number of allylic oxidation sites excluding steroid dienone is 1. The van der Waals surface area contributed by atoms with E-state index in [1.54, 1.807) is 11.3 Å². The van der Waals surface area contributed by atoms with E-state index in [1.807, 2.05) is 50.2 Å². The van der Waals surface area contributed by atoms with Gasteiger partial charge in [-0.2, -0.15) is 0 Å². The molecule has 2 heterocycles. The first-order chi connectivity index (χ1) is 16.6. The van der Waals surface area contributed by atoms with E-state index in [4.69, 9.17) is 9.47 Å². The number of anilines is 2. The Bertz CT molecular complexity index is 1240. The largest absolute Gasteiger partial charge is 0.490 e. The van der Waals surface area contributed by atoms with Crippen molar-refractivity contribution in [3.8, 4) is 11.5 Å². The van der Waals surface area contributed by atoms with Crippen LogP contribution in [-0.2, 0) is 4.79 Å². The lowest BCUT2D eigenvalue weighted by atomic mass is 9.80. The summed E-state index contributed by atoms with van der Waals surface area (Å²) in [6.45, 7) is 4.96. The molecule has 1 aliphatic carbocycles. The average molecular weight is 539 g/mol. The van der Waals surface area contributed by atoms with Gasteiger partial charge in [0.1, 0.15) is 0 Å². The molecule has 1 aliphatic heterocycles. The highest BCUT2D eigenvalue weighted by Gasteiger charge is 2.36. The zero-order chi connectivity index (χ0) is 23.7. The van der Waals surface area contributed by atoms with Crippen molar-refractivity contribution in [3.05, 3.63) is 80.1 Å². The first-order valence-electron chi connectivity index (χ1n) is 11.6. The van der Waals surface area contributed by atoms with Crippen LogP contribution in [0.15, 0.2) is 69.7 Å². The Morgan fingerprint density at radius 1 is 1.03 bits per heavy atom. The predicted octanol–water partition coefficient (Wildman–Crippen LogP) is 7.29. The standard InChI is InChI=1S/C27H27BrN2O3S/c1-3-32-23-15-17(12-18(28)27(23)33-4-2)26-25-21(29-19-8-5-6-9-20(19)30-26)13-16(14-22(25)31)24-10-7-11-34-24/h5-12,15-16,26,29-30H,3-4,13-14H2,1-2H3. The number of carbonyl (C=O) groups excluding carboxylic acids is 1. The number of Topliss-reactive ketones (excluding diaryl/α,β-unsaturated/α-hetero) is 1. The molecule has 0 saturated carbocycles. The van der Waals surface area contributed by atoms with Crippen LogP contribution in [0.5, 0.6) is 11.5 Å². The molecule has 2 aliphatic rings. The number of nitrogens with one attached hydrogen (secondary N) is 2. The molecule has 5 rings (SSSR count). The van der Waals surface area contributed by atoms with Gasteiger partial charge in [-0.05, 0) is 77.5 Å². The Kier molecular flexibility index (Phi) is 6.66. The minimum Gasteiger partial charge on any atom is -0.490 e. The third kappa shape index (κ3) is 4.34. The molecule has 5 nitrogen and oxygen atoms in total. The fraction of sp³-hybridized carbons (Fsp3) is 0.296. The third-order valence-electron chi connectivity index (χ3n) is 6.21. The lowest BCUT2D eigenvalue weighted by molar-refractivity contribution is -0.116. The number of fused-ring (bicyclic) bond motifs is 1. The molecule has 3 aromatic rings. The Morgan fingerprint density at radius 3 is 2.56 bits per heavy atom. The molecule has 1 aromatic heterocycles. The van der Waals surface area contributed by atoms with Crippen LogP contribution in [-0.4, -0.2) is 19.0 Å². The molecule has 2 unspecified atom stereocenters. The topological polar surface area (TPSA) is 59.6 Å². The van der Waals surface area contributed by atoms with Gasteiger partial charge < -0.3 is 20.1 Å². The van der Waals surface area contributed by atoms with Crippen molar-refractivity contribution in [1.29, 1.82) is 0 Å². The van der Waals surface area contributed by atoms with Crippen molar-refractivity contribution in [2.75, 3.05) is 23.8 Å². The quantitative estimate of drug-likeness (QED) is 0.345. The second-order valence-electron chi connectivity index (χ2n) is 8.38. The molecule has 0 fully saturated rings. The van der Waals surface area contributed by atoms with Crippen LogP contribution in [0.1, 0.15) is 49.1 Å². The van der Waals surface area contributed by atoms with Crippen molar-refractivity contribution in [2.45, 2.75) is 38.6 Å². The molecule has 34 heavy (non-hydrogen) atoms. The Labute approximate surface area is 212 Å². The fourth-order valence-corrected chi connectivity index (χ4v) is 6.17. The molecule has 2 N–H and O–H groups in total. The molecular weight excluding hydrogens is 512 g/mol. The zero-order valence-corrected chi connectivity index (χ0v) is 21.6. The molecule has 0 spiro atoms. The number of halogens is 1. The average Bonchev–Trinajstić information content (AvgIpc) is 3.30. The maximum Gasteiger partial charge on any atom is 0.175 e. The second kappa shape index (κ2) is 9.84. The number of para-hydroxylation sites is 2. The van der Waals surface area contributed by atoms with Gasteiger partial charge in [-0.1, -0.05) is 18.2 Å². The van der Waals surface area contributed by atoms with Crippen LogP contribution < -0.4 is 20.1 Å². The summed E-state index contributed by atoms with van der Waals surface area (Å²) in [5.74, 6) is 1.71. The summed E-state index contributed by atoms with van der Waals surface area (Å²) < 4.78 is 12.6. The molecule has 0 bridgehead atoms. The van der Waals surface area contributed by atoms with Gasteiger partial charge in [0.05, 0.1) is 35.1 Å². The van der Waals surface area contributed by atoms with Gasteiger partial charge in [0.15, 0.2) is 17.3 Å². The number of hydrogen-bond donors (Lipinski definition) is 2. The molecule has 2 atom stereocenters. The van der Waals surface area contributed by atoms with Gasteiger partial charge in [-0.15, -0.1) is 11.3 Å². The first-order valence-corrected chi connectivity index (χ1v) is 13.3. The van der Waals surface area contributed by atoms with E-state index in [-0.39, 0.29) is 17.7 Å². The second-order valence-corrected chi connectivity index (χ2v) is 10.2. The van der Waals surface area contributed by atoms with Crippen LogP contribution in [0.4, 0.5) is 11.4 Å². The SMILES string of the molecule is CCOc1cc(C2Nc3ccccc3NC3=C2C(=O)CC(c2cccs2)C3)cc(Br)c1OCC. The van der Waals surface area contributed by atoms with Gasteiger partial charge in [-0.3, -0.25) is 4.79 Å². The summed E-state index contributed by atoms with van der Waals surface area (Å²) in [4.78, 5) is 14.9. The van der Waals surface area contributed by atoms with E-state index >= 15 is 0 Å². The van der Waals surface area contributed by atoms with Crippen molar-refractivity contribution in [2.24, 2.45) is 0 Å². The molecule has 2 aromatic carbocycles. The molecule has 0 saturated heterocycles. The van der Waals surface area contributed by atoms with Crippen molar-refractivity contribution < 1.29 is 14.3 Å². The van der Waals surface area contributed by atoms with Crippen LogP contribution in [0.2, 0.25) is 0 Å². The number of carbonyl (C=O) groups is 1. The fourth-order valence-electron chi connectivity index (χ4n) is 4.77. The minimum atomic E-state index is -0.311. The molecule has 7 heteroatoms. The summed E-state index contributed by atoms with van der Waals surface area (Å²) in [7, 11) is 0. The lowest BCUT2D eigenvalue weighted by Crippen LogP contribution is -2.26. The maximum atomic E-state index is 13.7. The molecular formula is C27H27BrN2O3S. The lowest BCUT2D eigenvalue weighted by Gasteiger charge is -2.29. The third-order valence-corrected chi connectivity index (χ3v) is 7.83. The van der Waals surface area contributed by atoms with Gasteiger partial charge in [0.25, 0.3) is 0 Å². The van der Waals surface area contributed by atoms with Gasteiger partial charge in [-0.25, -0.2) is 0 Å². The van der Waals surface area contributed by atoms with E-state index < -0.39 is 0 Å². The summed E-state index contributed by atoms with van der Waals surface area (Å²) in [6.07, 6.45) is 1.30. The van der Waals surface area contributed by atoms with Crippen molar-refractivity contribution in [1.82, 2.24) is 0 Å². The highest BCUT2D eigenvalue weighted by molar-refractivity contribution is 9.10. The van der Waals surface area contributed by atoms with Crippen LogP contribution in [0, 0.1) is 0 Å². The van der Waals surface area contributed by atoms with Crippen LogP contribution in [0.3, 0.4) is 0 Å². The normalized spacial score (nSPS) is 19.4. The Balaban J connectivity index is 1.63. The van der Waals surface area contributed by atoms with Crippen LogP contribution in [0.25, 0.3) is 0 Å². The summed E-state index contributed by atoms with van der Waals surface area (Å²) >= 11 is 5.40. The molecule has 176 valence electrons. The number of rotatable bonds is 6. The number of hydrogen-bond acceptors (Lipinski definition) is 6. The van der Waals surface area contributed by atoms with E-state index in [2.05, 4.69) is 44.1 Å². The highest BCUT2D eigenvalue weighted by atomic mass is 79.9. The summed E-state index contributed by atoms with van der Waals surface area (Å²) in [6, 6.07) is 16.0. The van der Waals surface area contributed by atoms with Crippen molar-refractivity contribution in [3.63, 3.8) is 0 Å². The van der Waals surface area contributed by atoms with E-state index in [1.165, 1.54) is 4.88 Å². The number of ketones is 1. The number of ether oxygens (including phenoxy) is 2. The first kappa shape index (κ1) is 23.0.